The van der Waals surface area contributed by atoms with Gasteiger partial charge in [0.15, 0.2) is 0 Å². The zero-order valence-electron chi connectivity index (χ0n) is 11.6. The largest absolute Gasteiger partial charge is 0.383 e. The molecule has 0 saturated heterocycles. The van der Waals surface area contributed by atoms with Gasteiger partial charge < -0.3 is 19.8 Å². The molecule has 0 aliphatic carbocycles. The van der Waals surface area contributed by atoms with Crippen molar-refractivity contribution in [3.05, 3.63) is 36.3 Å². The Morgan fingerprint density at radius 3 is 3.10 bits per heavy atom. The summed E-state index contributed by atoms with van der Waals surface area (Å²) in [5.74, 6) is 0.0320. The molecule has 0 fully saturated rings. The van der Waals surface area contributed by atoms with Gasteiger partial charge >= 0.3 is 0 Å². The van der Waals surface area contributed by atoms with Crippen molar-refractivity contribution in [3.63, 3.8) is 0 Å². The zero-order chi connectivity index (χ0) is 14.2. The van der Waals surface area contributed by atoms with E-state index in [0.29, 0.717) is 32.7 Å². The number of imidazole rings is 1. The smallest absolute Gasteiger partial charge is 0.221 e. The van der Waals surface area contributed by atoms with Crippen LogP contribution >= 0.6 is 0 Å². The van der Waals surface area contributed by atoms with Gasteiger partial charge in [-0.2, -0.15) is 0 Å². The highest BCUT2D eigenvalue weighted by atomic mass is 16.5. The first-order valence-electron chi connectivity index (χ1n) is 6.68. The van der Waals surface area contributed by atoms with Gasteiger partial charge in [-0.3, -0.25) is 4.79 Å². The van der Waals surface area contributed by atoms with E-state index < -0.39 is 0 Å². The van der Waals surface area contributed by atoms with Crippen molar-refractivity contribution in [1.82, 2.24) is 20.0 Å². The summed E-state index contributed by atoms with van der Waals surface area (Å²) in [6.45, 7) is 2.39. The Kier molecular flexibility index (Phi) is 5.52. The third-order valence-electron chi connectivity index (χ3n) is 2.88. The molecule has 0 bridgehead atoms. The molecule has 108 valence electrons. The molecule has 2 N–H and O–H groups in total. The van der Waals surface area contributed by atoms with Crippen LogP contribution in [0.4, 0.5) is 0 Å². The number of hydrogen-bond acceptors (Lipinski definition) is 4. The summed E-state index contributed by atoms with van der Waals surface area (Å²) >= 11 is 0. The fraction of sp³-hybridized carbons (Fsp3) is 0.429. The second kappa shape index (κ2) is 7.62. The fourth-order valence-electron chi connectivity index (χ4n) is 1.87. The van der Waals surface area contributed by atoms with Crippen molar-refractivity contribution in [3.8, 4) is 0 Å². The van der Waals surface area contributed by atoms with Gasteiger partial charge in [0.25, 0.3) is 0 Å². The lowest BCUT2D eigenvalue weighted by molar-refractivity contribution is -0.121. The summed E-state index contributed by atoms with van der Waals surface area (Å²) in [5.41, 5.74) is 1.90. The van der Waals surface area contributed by atoms with Crippen molar-refractivity contribution >= 4 is 11.6 Å². The number of ether oxygens (including phenoxy) is 1. The molecule has 2 heterocycles. The minimum Gasteiger partial charge on any atom is -0.383 e. The van der Waals surface area contributed by atoms with Crippen LogP contribution in [0.5, 0.6) is 0 Å². The molecule has 0 atom stereocenters. The van der Waals surface area contributed by atoms with E-state index >= 15 is 0 Å². The SMILES string of the molecule is COCCNC(=O)CCNCc1cn2ccccc2n1. The Morgan fingerprint density at radius 1 is 1.40 bits per heavy atom. The second-order valence-corrected chi connectivity index (χ2v) is 4.47. The number of carbonyl (C=O) groups excluding carboxylic acids is 1. The van der Waals surface area contributed by atoms with E-state index in [9.17, 15) is 4.79 Å². The molecule has 2 rings (SSSR count). The molecule has 0 aliphatic heterocycles. The van der Waals surface area contributed by atoms with Crippen LogP contribution in [-0.4, -0.2) is 42.1 Å². The standard InChI is InChI=1S/C14H20N4O2/c1-20-9-7-16-14(19)5-6-15-10-12-11-18-8-3-2-4-13(18)17-12/h2-4,8,11,15H,5-7,9-10H2,1H3,(H,16,19). The predicted molar refractivity (Wildman–Crippen MR) is 76.4 cm³/mol. The summed E-state index contributed by atoms with van der Waals surface area (Å²) in [4.78, 5) is 15.9. The first kappa shape index (κ1) is 14.5. The van der Waals surface area contributed by atoms with Gasteiger partial charge in [0.1, 0.15) is 5.65 Å². The molecule has 6 nitrogen and oxygen atoms in total. The van der Waals surface area contributed by atoms with Crippen LogP contribution in [0.3, 0.4) is 0 Å². The first-order valence-corrected chi connectivity index (χ1v) is 6.68. The van der Waals surface area contributed by atoms with Crippen molar-refractivity contribution in [2.75, 3.05) is 26.8 Å². The quantitative estimate of drug-likeness (QED) is 0.692. The van der Waals surface area contributed by atoms with Gasteiger partial charge in [0, 0.05) is 45.6 Å². The number of nitrogens with one attached hydrogen (secondary N) is 2. The highest BCUT2D eigenvalue weighted by Crippen LogP contribution is 2.03. The molecule has 6 heteroatoms. The maximum atomic E-state index is 11.4. The van der Waals surface area contributed by atoms with Crippen molar-refractivity contribution in [2.45, 2.75) is 13.0 Å². The number of carbonyl (C=O) groups is 1. The third kappa shape index (κ3) is 4.32. The number of amides is 1. The number of pyridine rings is 1. The van der Waals surface area contributed by atoms with Crippen molar-refractivity contribution in [2.24, 2.45) is 0 Å². The van der Waals surface area contributed by atoms with Crippen LogP contribution in [-0.2, 0) is 16.1 Å². The Labute approximate surface area is 118 Å². The van der Waals surface area contributed by atoms with Crippen molar-refractivity contribution in [1.29, 1.82) is 0 Å². The minimum atomic E-state index is 0.0320. The van der Waals surface area contributed by atoms with Crippen LogP contribution in [0, 0.1) is 0 Å². The molecule has 0 aliphatic rings. The Bertz CT molecular complexity index is 520. The Hall–Kier alpha value is -1.92. The van der Waals surface area contributed by atoms with Crippen LogP contribution in [0.25, 0.3) is 5.65 Å². The molecular formula is C14H20N4O2. The monoisotopic (exact) mass is 276 g/mol. The number of methoxy groups -OCH3 is 1. The molecule has 2 aromatic rings. The molecule has 0 aromatic carbocycles. The van der Waals surface area contributed by atoms with Crippen LogP contribution in [0.1, 0.15) is 12.1 Å². The highest BCUT2D eigenvalue weighted by molar-refractivity contribution is 5.76. The van der Waals surface area contributed by atoms with Gasteiger partial charge in [0.05, 0.1) is 12.3 Å². The van der Waals surface area contributed by atoms with Crippen molar-refractivity contribution < 1.29 is 9.53 Å². The van der Waals surface area contributed by atoms with E-state index in [1.807, 2.05) is 35.0 Å². The Morgan fingerprint density at radius 2 is 2.30 bits per heavy atom. The minimum absolute atomic E-state index is 0.0320. The lowest BCUT2D eigenvalue weighted by Crippen LogP contribution is -2.29. The predicted octanol–water partition coefficient (Wildman–Crippen LogP) is 0.577. The van der Waals surface area contributed by atoms with E-state index in [4.69, 9.17) is 4.74 Å². The molecule has 0 radical (unpaired) electrons. The number of fused-ring (bicyclic) bond motifs is 1. The summed E-state index contributed by atoms with van der Waals surface area (Å²) < 4.78 is 6.84. The highest BCUT2D eigenvalue weighted by Gasteiger charge is 2.02. The summed E-state index contributed by atoms with van der Waals surface area (Å²) in [6.07, 6.45) is 4.41. The molecule has 2 aromatic heterocycles. The molecule has 1 amide bonds. The van der Waals surface area contributed by atoms with Crippen LogP contribution in [0.15, 0.2) is 30.6 Å². The lowest BCUT2D eigenvalue weighted by Gasteiger charge is -2.04. The normalized spacial score (nSPS) is 10.8. The van der Waals surface area contributed by atoms with Gasteiger partial charge in [0.2, 0.25) is 5.91 Å². The molecule has 0 unspecified atom stereocenters. The molecule has 0 saturated carbocycles. The van der Waals surface area contributed by atoms with Crippen LogP contribution in [0.2, 0.25) is 0 Å². The zero-order valence-corrected chi connectivity index (χ0v) is 11.6. The van der Waals surface area contributed by atoms with E-state index in [0.717, 1.165) is 11.3 Å². The average Bonchev–Trinajstić information content (AvgIpc) is 2.86. The van der Waals surface area contributed by atoms with E-state index in [-0.39, 0.29) is 5.91 Å². The van der Waals surface area contributed by atoms with E-state index in [1.54, 1.807) is 7.11 Å². The number of nitrogens with zero attached hydrogens (tertiary/aromatic N) is 2. The molecular weight excluding hydrogens is 256 g/mol. The van der Waals surface area contributed by atoms with E-state index in [2.05, 4.69) is 15.6 Å². The topological polar surface area (TPSA) is 67.7 Å². The van der Waals surface area contributed by atoms with Gasteiger partial charge in [-0.05, 0) is 12.1 Å². The lowest BCUT2D eigenvalue weighted by atomic mass is 10.3. The van der Waals surface area contributed by atoms with Gasteiger partial charge in [-0.15, -0.1) is 0 Å². The third-order valence-corrected chi connectivity index (χ3v) is 2.88. The summed E-state index contributed by atoms with van der Waals surface area (Å²) in [5, 5.41) is 6.00. The van der Waals surface area contributed by atoms with Gasteiger partial charge in [-0.25, -0.2) is 4.98 Å². The summed E-state index contributed by atoms with van der Waals surface area (Å²) in [6, 6.07) is 5.90. The summed E-state index contributed by atoms with van der Waals surface area (Å²) in [7, 11) is 1.61. The number of rotatable bonds is 8. The molecule has 20 heavy (non-hydrogen) atoms. The average molecular weight is 276 g/mol. The maximum absolute atomic E-state index is 11.4. The maximum Gasteiger partial charge on any atom is 0.221 e. The first-order chi connectivity index (χ1) is 9.79. The van der Waals surface area contributed by atoms with E-state index in [1.165, 1.54) is 0 Å². The Balaban J connectivity index is 1.67. The van der Waals surface area contributed by atoms with Crippen LogP contribution < -0.4 is 10.6 Å². The van der Waals surface area contributed by atoms with Gasteiger partial charge in [-0.1, -0.05) is 6.07 Å². The number of hydrogen-bond donors (Lipinski definition) is 2. The fourth-order valence-corrected chi connectivity index (χ4v) is 1.87. The molecule has 0 spiro atoms. The second-order valence-electron chi connectivity index (χ2n) is 4.47. The number of aromatic nitrogens is 2.